The summed E-state index contributed by atoms with van der Waals surface area (Å²) in [5.41, 5.74) is 5.35. The summed E-state index contributed by atoms with van der Waals surface area (Å²) >= 11 is 0. The molecule has 0 unspecified atom stereocenters. The van der Waals surface area contributed by atoms with E-state index in [4.69, 9.17) is 10.5 Å². The van der Waals surface area contributed by atoms with Gasteiger partial charge >= 0.3 is 0 Å². The first kappa shape index (κ1) is 11.4. The molecule has 7 heteroatoms. The minimum Gasteiger partial charge on any atom is -0.385 e. The highest BCUT2D eigenvalue weighted by Crippen LogP contribution is 1.90. The van der Waals surface area contributed by atoms with E-state index < -0.39 is 0 Å². The lowest BCUT2D eigenvalue weighted by Crippen LogP contribution is -2.29. The van der Waals surface area contributed by atoms with Crippen molar-refractivity contribution < 1.29 is 9.53 Å². The third-order valence-corrected chi connectivity index (χ3v) is 1.69. The van der Waals surface area contributed by atoms with Gasteiger partial charge in [0.05, 0.1) is 6.20 Å². The van der Waals surface area contributed by atoms with Crippen LogP contribution in [0.3, 0.4) is 0 Å². The van der Waals surface area contributed by atoms with E-state index in [-0.39, 0.29) is 12.5 Å². The molecule has 0 bridgehead atoms. The number of nitrogen functional groups attached to an aromatic ring is 1. The van der Waals surface area contributed by atoms with Gasteiger partial charge in [0.2, 0.25) is 5.91 Å². The highest BCUT2D eigenvalue weighted by molar-refractivity contribution is 5.75. The minimum atomic E-state index is -0.137. The Bertz CT molecular complexity index is 312. The Morgan fingerprint density at radius 1 is 1.73 bits per heavy atom. The molecule has 3 N–H and O–H groups in total. The topological polar surface area (TPSA) is 95.1 Å². The summed E-state index contributed by atoms with van der Waals surface area (Å²) in [7, 11) is 1.62. The minimum absolute atomic E-state index is 0.0875. The summed E-state index contributed by atoms with van der Waals surface area (Å²) in [5, 5.41) is 10.3. The molecule has 1 heterocycles. The van der Waals surface area contributed by atoms with E-state index in [9.17, 15) is 4.79 Å². The van der Waals surface area contributed by atoms with Crippen LogP contribution in [0.5, 0.6) is 0 Å². The first-order valence-electron chi connectivity index (χ1n) is 4.63. The quantitative estimate of drug-likeness (QED) is 0.592. The van der Waals surface area contributed by atoms with E-state index in [2.05, 4.69) is 15.5 Å². The molecule has 15 heavy (non-hydrogen) atoms. The molecule has 0 aromatic carbocycles. The number of nitrogens with zero attached hydrogens (tertiary/aromatic N) is 3. The Kier molecular flexibility index (Phi) is 4.55. The number of methoxy groups -OCH3 is 1. The van der Waals surface area contributed by atoms with Crippen LogP contribution in [0.15, 0.2) is 6.20 Å². The van der Waals surface area contributed by atoms with Gasteiger partial charge in [-0.05, 0) is 6.42 Å². The van der Waals surface area contributed by atoms with Gasteiger partial charge in [-0.3, -0.25) is 4.79 Å². The van der Waals surface area contributed by atoms with Gasteiger partial charge in [0, 0.05) is 20.3 Å². The van der Waals surface area contributed by atoms with Crippen LogP contribution in [-0.4, -0.2) is 41.2 Å². The Labute approximate surface area is 87.6 Å². The lowest BCUT2D eigenvalue weighted by atomic mass is 10.4. The molecule has 0 fully saturated rings. The normalized spacial score (nSPS) is 10.2. The van der Waals surface area contributed by atoms with E-state index >= 15 is 0 Å². The molecule has 0 aliphatic carbocycles. The molecule has 1 amide bonds. The SMILES string of the molecule is COCCCNC(=O)Cn1ncc(N)n1. The van der Waals surface area contributed by atoms with E-state index in [1.807, 2.05) is 0 Å². The predicted molar refractivity (Wildman–Crippen MR) is 53.9 cm³/mol. The van der Waals surface area contributed by atoms with Gasteiger partial charge in [-0.15, -0.1) is 5.10 Å². The fourth-order valence-electron chi connectivity index (χ4n) is 1.02. The zero-order chi connectivity index (χ0) is 11.1. The molecule has 0 saturated heterocycles. The van der Waals surface area contributed by atoms with Crippen LogP contribution >= 0.6 is 0 Å². The number of rotatable bonds is 6. The molecule has 0 atom stereocenters. The van der Waals surface area contributed by atoms with Crippen molar-refractivity contribution in [3.05, 3.63) is 6.20 Å². The van der Waals surface area contributed by atoms with E-state index in [1.165, 1.54) is 11.0 Å². The van der Waals surface area contributed by atoms with Crippen LogP contribution in [-0.2, 0) is 16.1 Å². The van der Waals surface area contributed by atoms with Gasteiger partial charge < -0.3 is 15.8 Å². The standard InChI is InChI=1S/C8H15N5O2/c1-15-4-2-3-10-8(14)6-13-11-5-7(9)12-13/h5H,2-4,6H2,1H3,(H2,9,12)(H,10,14). The van der Waals surface area contributed by atoms with Crippen molar-refractivity contribution in [3.8, 4) is 0 Å². The van der Waals surface area contributed by atoms with E-state index in [1.54, 1.807) is 7.11 Å². The molecule has 1 rings (SSSR count). The molecule has 0 saturated carbocycles. The summed E-state index contributed by atoms with van der Waals surface area (Å²) in [6.07, 6.45) is 2.19. The molecule has 1 aromatic rings. The van der Waals surface area contributed by atoms with Crippen molar-refractivity contribution in [2.45, 2.75) is 13.0 Å². The summed E-state index contributed by atoms with van der Waals surface area (Å²) in [6.45, 7) is 1.31. The zero-order valence-electron chi connectivity index (χ0n) is 8.64. The molecule has 1 aromatic heterocycles. The highest BCUT2D eigenvalue weighted by Gasteiger charge is 2.03. The highest BCUT2D eigenvalue weighted by atomic mass is 16.5. The largest absolute Gasteiger partial charge is 0.385 e. The lowest BCUT2D eigenvalue weighted by Gasteiger charge is -2.03. The Hall–Kier alpha value is -1.63. The molecule has 84 valence electrons. The first-order valence-corrected chi connectivity index (χ1v) is 4.63. The van der Waals surface area contributed by atoms with E-state index in [0.29, 0.717) is 19.0 Å². The summed E-state index contributed by atoms with van der Waals surface area (Å²) in [6, 6.07) is 0. The Balaban J connectivity index is 2.18. The Morgan fingerprint density at radius 2 is 2.53 bits per heavy atom. The zero-order valence-corrected chi connectivity index (χ0v) is 8.64. The molecule has 0 aliphatic rings. The Morgan fingerprint density at radius 3 is 3.13 bits per heavy atom. The first-order chi connectivity index (χ1) is 7.22. The summed E-state index contributed by atoms with van der Waals surface area (Å²) in [5.74, 6) is 0.170. The number of ether oxygens (including phenoxy) is 1. The van der Waals surface area contributed by atoms with Crippen molar-refractivity contribution in [2.24, 2.45) is 0 Å². The number of nitrogens with one attached hydrogen (secondary N) is 1. The monoisotopic (exact) mass is 213 g/mol. The molecule has 0 spiro atoms. The van der Waals surface area contributed by atoms with Crippen LogP contribution in [0.4, 0.5) is 5.82 Å². The van der Waals surface area contributed by atoms with Crippen molar-refractivity contribution in [2.75, 3.05) is 26.0 Å². The summed E-state index contributed by atoms with van der Waals surface area (Å²) < 4.78 is 4.85. The number of hydrogen-bond donors (Lipinski definition) is 2. The maximum absolute atomic E-state index is 11.3. The number of nitrogens with two attached hydrogens (primary N) is 1. The fourth-order valence-corrected chi connectivity index (χ4v) is 1.02. The average molecular weight is 213 g/mol. The molecule has 0 aliphatic heterocycles. The number of amides is 1. The molecular formula is C8H15N5O2. The van der Waals surface area contributed by atoms with Crippen LogP contribution in [0.2, 0.25) is 0 Å². The number of hydrogen-bond acceptors (Lipinski definition) is 5. The van der Waals surface area contributed by atoms with E-state index in [0.717, 1.165) is 6.42 Å². The van der Waals surface area contributed by atoms with Crippen LogP contribution in [0.25, 0.3) is 0 Å². The number of aromatic nitrogens is 3. The molecular weight excluding hydrogens is 198 g/mol. The second-order valence-electron chi connectivity index (χ2n) is 3.00. The van der Waals surface area contributed by atoms with Gasteiger partial charge in [-0.2, -0.15) is 9.90 Å². The van der Waals surface area contributed by atoms with Crippen molar-refractivity contribution in [1.29, 1.82) is 0 Å². The second-order valence-corrected chi connectivity index (χ2v) is 3.00. The van der Waals surface area contributed by atoms with Crippen LogP contribution in [0, 0.1) is 0 Å². The number of carbonyl (C=O) groups is 1. The van der Waals surface area contributed by atoms with Crippen molar-refractivity contribution >= 4 is 11.7 Å². The predicted octanol–water partition coefficient (Wildman–Crippen LogP) is -0.987. The van der Waals surface area contributed by atoms with Crippen LogP contribution < -0.4 is 11.1 Å². The van der Waals surface area contributed by atoms with Crippen molar-refractivity contribution in [3.63, 3.8) is 0 Å². The number of carbonyl (C=O) groups excluding carboxylic acids is 1. The van der Waals surface area contributed by atoms with Gasteiger partial charge in [0.15, 0.2) is 5.82 Å². The second kappa shape index (κ2) is 5.97. The van der Waals surface area contributed by atoms with Gasteiger partial charge in [0.1, 0.15) is 6.54 Å². The third-order valence-electron chi connectivity index (χ3n) is 1.69. The maximum atomic E-state index is 11.3. The van der Waals surface area contributed by atoms with Gasteiger partial charge in [0.25, 0.3) is 0 Å². The third kappa shape index (κ3) is 4.41. The fraction of sp³-hybridized carbons (Fsp3) is 0.625. The smallest absolute Gasteiger partial charge is 0.243 e. The van der Waals surface area contributed by atoms with Gasteiger partial charge in [-0.25, -0.2) is 0 Å². The van der Waals surface area contributed by atoms with Gasteiger partial charge in [-0.1, -0.05) is 0 Å². The average Bonchev–Trinajstić information content (AvgIpc) is 2.59. The molecule has 7 nitrogen and oxygen atoms in total. The maximum Gasteiger partial charge on any atom is 0.243 e. The summed E-state index contributed by atoms with van der Waals surface area (Å²) in [4.78, 5) is 12.5. The number of anilines is 1. The van der Waals surface area contributed by atoms with Crippen molar-refractivity contribution in [1.82, 2.24) is 20.3 Å². The lowest BCUT2D eigenvalue weighted by molar-refractivity contribution is -0.122. The molecule has 0 radical (unpaired) electrons. The van der Waals surface area contributed by atoms with Crippen LogP contribution in [0.1, 0.15) is 6.42 Å².